The van der Waals surface area contributed by atoms with Crippen LogP contribution in [0.5, 0.6) is 0 Å². The van der Waals surface area contributed by atoms with Crippen LogP contribution in [0.3, 0.4) is 0 Å². The van der Waals surface area contributed by atoms with Crippen molar-refractivity contribution in [3.63, 3.8) is 0 Å². The second kappa shape index (κ2) is 7.17. The van der Waals surface area contributed by atoms with Crippen molar-refractivity contribution in [3.8, 4) is 0 Å². The Kier molecular flexibility index (Phi) is 4.46. The van der Waals surface area contributed by atoms with Crippen molar-refractivity contribution in [3.05, 3.63) is 84.1 Å². The molecule has 0 unspecified atom stereocenters. The van der Waals surface area contributed by atoms with Crippen LogP contribution in [0, 0.1) is 0 Å². The molecule has 0 radical (unpaired) electrons. The zero-order valence-electron chi connectivity index (χ0n) is 17.1. The van der Waals surface area contributed by atoms with Gasteiger partial charge in [0.2, 0.25) is 0 Å². The second-order valence-corrected chi connectivity index (χ2v) is 8.13. The molecule has 2 aliphatic heterocycles. The minimum atomic E-state index is -0.132. The SMILES string of the molecule is C=Cc1ccc(C(=O)N2CCC3(CC2)NC2=CCCC=C2n2cccc23)nc1C=C. The van der Waals surface area contributed by atoms with E-state index in [1.54, 1.807) is 18.2 Å². The second-order valence-electron chi connectivity index (χ2n) is 8.13. The number of nitrogens with zero attached hydrogens (tertiary/aromatic N) is 3. The van der Waals surface area contributed by atoms with Crippen molar-refractivity contribution < 1.29 is 4.79 Å². The summed E-state index contributed by atoms with van der Waals surface area (Å²) >= 11 is 0. The van der Waals surface area contributed by atoms with Crippen LogP contribution >= 0.6 is 0 Å². The molecule has 4 heterocycles. The average Bonchev–Trinajstić information content (AvgIpc) is 3.30. The molecule has 1 aliphatic carbocycles. The molecule has 5 nitrogen and oxygen atoms in total. The molecule has 2 aromatic rings. The van der Waals surface area contributed by atoms with Crippen LogP contribution in [0.15, 0.2) is 61.5 Å². The lowest BCUT2D eigenvalue weighted by Crippen LogP contribution is -2.55. The minimum Gasteiger partial charge on any atom is -0.372 e. The van der Waals surface area contributed by atoms with Gasteiger partial charge in [0.25, 0.3) is 5.91 Å². The first-order valence-electron chi connectivity index (χ1n) is 10.6. The van der Waals surface area contributed by atoms with E-state index in [4.69, 9.17) is 0 Å². The fraction of sp³-hybridized carbons (Fsp3) is 0.280. The molecule has 2 aromatic heterocycles. The first-order chi connectivity index (χ1) is 14.6. The Bertz CT molecular complexity index is 1100. The summed E-state index contributed by atoms with van der Waals surface area (Å²) in [6, 6.07) is 8.00. The largest absolute Gasteiger partial charge is 0.372 e. The summed E-state index contributed by atoms with van der Waals surface area (Å²) in [6.07, 6.45) is 14.1. The molecule has 0 bridgehead atoms. The van der Waals surface area contributed by atoms with E-state index in [2.05, 4.69) is 58.5 Å². The number of piperidine rings is 1. The summed E-state index contributed by atoms with van der Waals surface area (Å²) in [7, 11) is 0. The zero-order valence-corrected chi connectivity index (χ0v) is 17.1. The maximum Gasteiger partial charge on any atom is 0.272 e. The number of rotatable bonds is 3. The maximum atomic E-state index is 13.1. The molecule has 3 aliphatic rings. The molecule has 0 saturated carbocycles. The van der Waals surface area contributed by atoms with Crippen molar-refractivity contribution in [2.24, 2.45) is 0 Å². The number of pyridine rings is 1. The van der Waals surface area contributed by atoms with Crippen LogP contribution in [-0.2, 0) is 5.54 Å². The van der Waals surface area contributed by atoms with E-state index >= 15 is 0 Å². The normalized spacial score (nSPS) is 19.1. The number of carbonyl (C=O) groups is 1. The number of fused-ring (bicyclic) bond motifs is 4. The fourth-order valence-electron chi connectivity index (χ4n) is 4.88. The highest BCUT2D eigenvalue weighted by atomic mass is 16.2. The monoisotopic (exact) mass is 398 g/mol. The Balaban J connectivity index is 1.38. The van der Waals surface area contributed by atoms with E-state index in [9.17, 15) is 4.79 Å². The molecule has 1 N–H and O–H groups in total. The van der Waals surface area contributed by atoms with Crippen molar-refractivity contribution in [1.82, 2.24) is 19.8 Å². The number of aromatic nitrogens is 2. The fourth-order valence-corrected chi connectivity index (χ4v) is 4.88. The van der Waals surface area contributed by atoms with Gasteiger partial charge < -0.3 is 14.8 Å². The Labute approximate surface area is 177 Å². The van der Waals surface area contributed by atoms with Crippen molar-refractivity contribution in [2.75, 3.05) is 13.1 Å². The van der Waals surface area contributed by atoms with E-state index in [1.807, 2.05) is 11.0 Å². The summed E-state index contributed by atoms with van der Waals surface area (Å²) < 4.78 is 2.32. The van der Waals surface area contributed by atoms with E-state index in [0.717, 1.165) is 31.2 Å². The number of allylic oxidation sites excluding steroid dienone is 3. The molecule has 1 amide bonds. The summed E-state index contributed by atoms with van der Waals surface area (Å²) in [5, 5.41) is 3.84. The number of hydrogen-bond donors (Lipinski definition) is 1. The van der Waals surface area contributed by atoms with Gasteiger partial charge in [0.15, 0.2) is 0 Å². The van der Waals surface area contributed by atoms with Crippen molar-refractivity contribution in [2.45, 2.75) is 31.2 Å². The standard InChI is InChI=1S/C25H26N4O/c1-3-18-11-12-21(26-19(18)4-2)24(30)28-16-13-25(14-17-28)23-10-7-15-29(23)22-9-6-5-8-20(22)27-25/h3-4,7-12,15,27H,1-2,5-6,13-14,16-17H2. The van der Waals surface area contributed by atoms with Gasteiger partial charge in [-0.05, 0) is 55.5 Å². The summed E-state index contributed by atoms with van der Waals surface area (Å²) in [5.41, 5.74) is 5.69. The first-order valence-corrected chi connectivity index (χ1v) is 10.6. The molecule has 1 saturated heterocycles. The van der Waals surface area contributed by atoms with Crippen LogP contribution in [0.2, 0.25) is 0 Å². The van der Waals surface area contributed by atoms with Gasteiger partial charge in [0.05, 0.1) is 22.6 Å². The predicted octanol–water partition coefficient (Wildman–Crippen LogP) is 4.42. The third-order valence-corrected chi connectivity index (χ3v) is 6.50. The Morgan fingerprint density at radius 2 is 1.90 bits per heavy atom. The maximum absolute atomic E-state index is 13.1. The topological polar surface area (TPSA) is 50.2 Å². The van der Waals surface area contributed by atoms with Crippen LogP contribution in [0.1, 0.15) is 53.1 Å². The van der Waals surface area contributed by atoms with Crippen LogP contribution in [0.25, 0.3) is 17.8 Å². The quantitative estimate of drug-likeness (QED) is 0.833. The summed E-state index contributed by atoms with van der Waals surface area (Å²) in [5.74, 6) is -0.0211. The summed E-state index contributed by atoms with van der Waals surface area (Å²) in [6.45, 7) is 8.98. The lowest BCUT2D eigenvalue weighted by Gasteiger charge is -2.47. The number of carbonyl (C=O) groups excluding carboxylic acids is 1. The molecular formula is C25H26N4O. The van der Waals surface area contributed by atoms with Gasteiger partial charge in [0, 0.05) is 25.0 Å². The van der Waals surface area contributed by atoms with Crippen LogP contribution in [-0.4, -0.2) is 33.4 Å². The first kappa shape index (κ1) is 18.7. The average molecular weight is 399 g/mol. The summed E-state index contributed by atoms with van der Waals surface area (Å²) in [4.78, 5) is 19.5. The number of likely N-dealkylation sites (tertiary alicyclic amines) is 1. The van der Waals surface area contributed by atoms with Crippen LogP contribution < -0.4 is 5.32 Å². The van der Waals surface area contributed by atoms with Gasteiger partial charge in [-0.3, -0.25) is 4.79 Å². The smallest absolute Gasteiger partial charge is 0.272 e. The lowest BCUT2D eigenvalue weighted by molar-refractivity contribution is 0.0633. The van der Waals surface area contributed by atoms with Gasteiger partial charge in [-0.2, -0.15) is 0 Å². The van der Waals surface area contributed by atoms with Gasteiger partial charge in [-0.25, -0.2) is 4.98 Å². The molecule has 5 rings (SSSR count). The molecule has 0 aromatic carbocycles. The molecule has 30 heavy (non-hydrogen) atoms. The number of nitrogens with one attached hydrogen (secondary N) is 1. The number of hydrogen-bond acceptors (Lipinski definition) is 3. The van der Waals surface area contributed by atoms with Gasteiger partial charge >= 0.3 is 0 Å². The van der Waals surface area contributed by atoms with Gasteiger partial charge in [0.1, 0.15) is 5.69 Å². The Morgan fingerprint density at radius 1 is 1.10 bits per heavy atom. The molecular weight excluding hydrogens is 372 g/mol. The lowest BCUT2D eigenvalue weighted by atomic mass is 9.81. The zero-order chi connectivity index (χ0) is 20.7. The molecule has 5 heteroatoms. The highest BCUT2D eigenvalue weighted by Gasteiger charge is 2.43. The Hall–Kier alpha value is -3.34. The van der Waals surface area contributed by atoms with E-state index in [1.165, 1.54) is 17.1 Å². The molecule has 152 valence electrons. The Morgan fingerprint density at radius 3 is 2.67 bits per heavy atom. The van der Waals surface area contributed by atoms with E-state index in [0.29, 0.717) is 24.5 Å². The van der Waals surface area contributed by atoms with E-state index in [-0.39, 0.29) is 11.4 Å². The number of amides is 1. The molecule has 1 fully saturated rings. The van der Waals surface area contributed by atoms with Crippen molar-refractivity contribution in [1.29, 1.82) is 0 Å². The highest BCUT2D eigenvalue weighted by Crippen LogP contribution is 2.42. The molecule has 0 atom stereocenters. The van der Waals surface area contributed by atoms with Crippen molar-refractivity contribution >= 4 is 23.8 Å². The third-order valence-electron chi connectivity index (χ3n) is 6.50. The predicted molar refractivity (Wildman–Crippen MR) is 120 cm³/mol. The van der Waals surface area contributed by atoms with E-state index < -0.39 is 0 Å². The van der Waals surface area contributed by atoms with Gasteiger partial charge in [-0.1, -0.05) is 37.5 Å². The molecule has 1 spiro atoms. The highest BCUT2D eigenvalue weighted by molar-refractivity contribution is 5.93. The minimum absolute atomic E-state index is 0.0211. The third kappa shape index (κ3) is 2.84. The van der Waals surface area contributed by atoms with Gasteiger partial charge in [-0.15, -0.1) is 0 Å². The van der Waals surface area contributed by atoms with Crippen LogP contribution in [0.4, 0.5) is 0 Å².